The Balaban J connectivity index is 1.53. The minimum Gasteiger partial charge on any atom is -0.496 e. The zero-order valence-corrected chi connectivity index (χ0v) is 18.3. The third-order valence-corrected chi connectivity index (χ3v) is 4.84. The summed E-state index contributed by atoms with van der Waals surface area (Å²) in [5, 5.41) is 10.8. The van der Waals surface area contributed by atoms with Crippen LogP contribution in [0.5, 0.6) is 5.75 Å². The number of nitrogens with zero attached hydrogens (tertiary/aromatic N) is 5. The van der Waals surface area contributed by atoms with Crippen LogP contribution in [0, 0.1) is 5.82 Å². The molecule has 2 N–H and O–H groups in total. The predicted octanol–water partition coefficient (Wildman–Crippen LogP) is 3.32. The number of aliphatic imine (C=N–C) groups is 1. The molecule has 0 saturated heterocycles. The molecule has 4 rings (SSSR count). The Hall–Kier alpha value is -4.34. The normalized spacial score (nSPS) is 11.2. The molecule has 0 aliphatic carbocycles. The Kier molecular flexibility index (Phi) is 6.25. The van der Waals surface area contributed by atoms with Crippen LogP contribution in [0.4, 0.5) is 10.2 Å². The van der Waals surface area contributed by atoms with E-state index in [9.17, 15) is 9.18 Å². The number of hydrogen-bond acceptors (Lipinski definition) is 6. The number of hydrogen-bond donors (Lipinski definition) is 2. The van der Waals surface area contributed by atoms with Crippen LogP contribution in [-0.2, 0) is 6.54 Å². The molecule has 33 heavy (non-hydrogen) atoms. The van der Waals surface area contributed by atoms with Crippen LogP contribution in [0.25, 0.3) is 22.3 Å². The van der Waals surface area contributed by atoms with E-state index in [-0.39, 0.29) is 12.1 Å². The van der Waals surface area contributed by atoms with Gasteiger partial charge in [-0.1, -0.05) is 24.3 Å². The Labute approximate surface area is 189 Å². The summed E-state index contributed by atoms with van der Waals surface area (Å²) in [6.45, 7) is 0.265. The first kappa shape index (κ1) is 21.9. The minimum atomic E-state index is -0.505. The van der Waals surface area contributed by atoms with E-state index in [4.69, 9.17) is 4.74 Å². The van der Waals surface area contributed by atoms with Gasteiger partial charge in [0.2, 0.25) is 0 Å². The smallest absolute Gasteiger partial charge is 0.255 e. The van der Waals surface area contributed by atoms with Crippen LogP contribution in [-0.4, -0.2) is 58.5 Å². The van der Waals surface area contributed by atoms with Gasteiger partial charge in [0.05, 0.1) is 24.4 Å². The number of carbonyl (C=O) groups excluding carboxylic acids is 1. The van der Waals surface area contributed by atoms with Crippen molar-refractivity contribution in [1.29, 1.82) is 0 Å². The lowest BCUT2D eigenvalue weighted by Crippen LogP contribution is -2.23. The van der Waals surface area contributed by atoms with Crippen molar-refractivity contribution < 1.29 is 13.9 Å². The first-order chi connectivity index (χ1) is 16.0. The summed E-state index contributed by atoms with van der Waals surface area (Å²) in [4.78, 5) is 27.2. The molecule has 0 atom stereocenters. The van der Waals surface area contributed by atoms with Gasteiger partial charge < -0.3 is 15.0 Å². The van der Waals surface area contributed by atoms with Gasteiger partial charge in [0.15, 0.2) is 11.5 Å². The number of H-pyrrole nitrogens is 1. The van der Waals surface area contributed by atoms with E-state index in [1.165, 1.54) is 25.6 Å². The Morgan fingerprint density at radius 2 is 2.00 bits per heavy atom. The lowest BCUT2D eigenvalue weighted by atomic mass is 10.1. The van der Waals surface area contributed by atoms with Gasteiger partial charge in [0.25, 0.3) is 5.91 Å². The number of nitrogens with one attached hydrogen (secondary N) is 2. The molecular formula is C23H22FN7O2. The number of amides is 1. The Morgan fingerprint density at radius 3 is 2.73 bits per heavy atom. The number of halogens is 1. The molecule has 0 aliphatic heterocycles. The average Bonchev–Trinajstić information content (AvgIpc) is 3.26. The summed E-state index contributed by atoms with van der Waals surface area (Å²) in [7, 11) is 5.18. The van der Waals surface area contributed by atoms with Crippen molar-refractivity contribution in [2.45, 2.75) is 6.54 Å². The fraction of sp³-hybridized carbons (Fsp3) is 0.174. The van der Waals surface area contributed by atoms with Crippen molar-refractivity contribution >= 4 is 29.1 Å². The number of benzene rings is 2. The van der Waals surface area contributed by atoms with Crippen molar-refractivity contribution in [3.05, 3.63) is 65.7 Å². The van der Waals surface area contributed by atoms with Crippen LogP contribution in [0.1, 0.15) is 15.9 Å². The van der Waals surface area contributed by atoms with Crippen molar-refractivity contribution in [2.75, 3.05) is 21.2 Å². The van der Waals surface area contributed by atoms with Crippen molar-refractivity contribution in [2.24, 2.45) is 4.99 Å². The molecule has 0 fully saturated rings. The van der Waals surface area contributed by atoms with Crippen molar-refractivity contribution in [1.82, 2.24) is 30.4 Å². The zero-order chi connectivity index (χ0) is 23.4. The lowest BCUT2D eigenvalue weighted by molar-refractivity contribution is 0.0947. The summed E-state index contributed by atoms with van der Waals surface area (Å²) >= 11 is 0. The number of aromatic nitrogens is 4. The van der Waals surface area contributed by atoms with E-state index in [2.05, 4.69) is 30.5 Å². The monoisotopic (exact) mass is 447 g/mol. The van der Waals surface area contributed by atoms with Gasteiger partial charge in [-0.25, -0.2) is 19.4 Å². The predicted molar refractivity (Wildman–Crippen MR) is 123 cm³/mol. The van der Waals surface area contributed by atoms with Crippen LogP contribution in [0.2, 0.25) is 0 Å². The second kappa shape index (κ2) is 9.43. The SMILES string of the molecule is COc1ccc(F)cc1C(=O)NCc1ccc(-c2n[nH]c3ncnc(N=CN(C)C)c23)cc1. The van der Waals surface area contributed by atoms with E-state index in [0.29, 0.717) is 22.9 Å². The van der Waals surface area contributed by atoms with Crippen LogP contribution in [0.15, 0.2) is 53.8 Å². The maximum absolute atomic E-state index is 13.5. The first-order valence-electron chi connectivity index (χ1n) is 10.1. The van der Waals surface area contributed by atoms with Gasteiger partial charge >= 0.3 is 0 Å². The highest BCUT2D eigenvalue weighted by Gasteiger charge is 2.15. The molecule has 0 aliphatic rings. The quantitative estimate of drug-likeness (QED) is 0.332. The van der Waals surface area contributed by atoms with Gasteiger partial charge in [0.1, 0.15) is 23.6 Å². The van der Waals surface area contributed by atoms with Gasteiger partial charge in [0, 0.05) is 26.2 Å². The summed E-state index contributed by atoms with van der Waals surface area (Å²) in [6.07, 6.45) is 3.10. The number of aromatic amines is 1. The van der Waals surface area contributed by atoms with Crippen LogP contribution >= 0.6 is 0 Å². The highest BCUT2D eigenvalue weighted by Crippen LogP contribution is 2.31. The highest BCUT2D eigenvalue weighted by molar-refractivity contribution is 5.98. The summed E-state index contributed by atoms with van der Waals surface area (Å²) in [5.41, 5.74) is 3.12. The van der Waals surface area contributed by atoms with Crippen LogP contribution in [0.3, 0.4) is 0 Å². The van der Waals surface area contributed by atoms with E-state index >= 15 is 0 Å². The Bertz CT molecular complexity index is 1320. The molecule has 9 nitrogen and oxygen atoms in total. The molecular weight excluding hydrogens is 425 g/mol. The molecule has 0 unspecified atom stereocenters. The number of rotatable bonds is 7. The fourth-order valence-corrected chi connectivity index (χ4v) is 3.24. The fourth-order valence-electron chi connectivity index (χ4n) is 3.24. The molecule has 2 aromatic heterocycles. The second-order valence-electron chi connectivity index (χ2n) is 7.43. The average molecular weight is 447 g/mol. The molecule has 0 spiro atoms. The van der Waals surface area contributed by atoms with Crippen LogP contribution < -0.4 is 10.1 Å². The third-order valence-electron chi connectivity index (χ3n) is 4.84. The van der Waals surface area contributed by atoms with E-state index in [1.54, 1.807) is 6.34 Å². The largest absolute Gasteiger partial charge is 0.496 e. The van der Waals surface area contributed by atoms with E-state index in [1.807, 2.05) is 43.3 Å². The summed E-state index contributed by atoms with van der Waals surface area (Å²) in [5.74, 6) is -0.105. The summed E-state index contributed by atoms with van der Waals surface area (Å²) in [6, 6.07) is 11.4. The molecule has 2 heterocycles. The third kappa shape index (κ3) is 4.79. The van der Waals surface area contributed by atoms with E-state index < -0.39 is 11.7 Å². The second-order valence-corrected chi connectivity index (χ2v) is 7.43. The molecule has 10 heteroatoms. The van der Waals surface area contributed by atoms with Crippen molar-refractivity contribution in [3.8, 4) is 17.0 Å². The molecule has 0 bridgehead atoms. The minimum absolute atomic E-state index is 0.142. The van der Waals surface area contributed by atoms with Crippen molar-refractivity contribution in [3.63, 3.8) is 0 Å². The zero-order valence-electron chi connectivity index (χ0n) is 18.3. The topological polar surface area (TPSA) is 108 Å². The Morgan fingerprint density at radius 1 is 1.21 bits per heavy atom. The lowest BCUT2D eigenvalue weighted by Gasteiger charge is -2.10. The van der Waals surface area contributed by atoms with Gasteiger partial charge in [-0.15, -0.1) is 0 Å². The number of methoxy groups -OCH3 is 1. The highest BCUT2D eigenvalue weighted by atomic mass is 19.1. The molecule has 1 amide bonds. The molecule has 0 saturated carbocycles. The van der Waals surface area contributed by atoms with Gasteiger partial charge in [-0.2, -0.15) is 5.10 Å². The number of ether oxygens (including phenoxy) is 1. The van der Waals surface area contributed by atoms with Gasteiger partial charge in [-0.05, 0) is 23.8 Å². The molecule has 0 radical (unpaired) electrons. The maximum Gasteiger partial charge on any atom is 0.255 e. The first-order valence-corrected chi connectivity index (χ1v) is 10.1. The molecule has 2 aromatic carbocycles. The summed E-state index contributed by atoms with van der Waals surface area (Å²) < 4.78 is 18.7. The molecule has 4 aromatic rings. The van der Waals surface area contributed by atoms with E-state index in [0.717, 1.165) is 22.6 Å². The standard InChI is InChI=1S/C23H22FN7O2/c1-31(2)13-28-21-19-20(29-30-22(19)27-12-26-21)15-6-4-14(5-7-15)11-25-23(32)17-10-16(24)8-9-18(17)33-3/h4-10,12-13H,11H2,1-3H3,(H,25,32)(H,26,27,29,30). The molecule has 168 valence electrons. The number of carbonyl (C=O) groups is 1. The number of fused-ring (bicyclic) bond motifs is 1. The van der Waals surface area contributed by atoms with Gasteiger partial charge in [-0.3, -0.25) is 9.89 Å². The maximum atomic E-state index is 13.5.